The molecule has 1 fully saturated rings. The van der Waals surface area contributed by atoms with Crippen molar-refractivity contribution in [2.45, 2.75) is 6.92 Å². The standard InChI is InChI=1S/C25H29N3O5/c1-3-33-21-6-4-5-19(17-21)28-24(30)22(18-7-9-20(32-2)10-8-18)23(25(28)31)27-13-11-26(12-14-27)15-16-29/h4-10,17,29H,3,11-16H2,1-2H3. The second kappa shape index (κ2) is 10.1. The van der Waals surface area contributed by atoms with E-state index in [1.807, 2.05) is 24.0 Å². The van der Waals surface area contributed by atoms with Gasteiger partial charge in [-0.3, -0.25) is 14.5 Å². The Morgan fingerprint density at radius 2 is 1.67 bits per heavy atom. The predicted molar refractivity (Wildman–Crippen MR) is 125 cm³/mol. The topological polar surface area (TPSA) is 82.6 Å². The quantitative estimate of drug-likeness (QED) is 0.615. The van der Waals surface area contributed by atoms with Crippen molar-refractivity contribution in [2.75, 3.05) is 57.9 Å². The minimum atomic E-state index is -0.355. The minimum Gasteiger partial charge on any atom is -0.497 e. The Morgan fingerprint density at radius 3 is 2.30 bits per heavy atom. The van der Waals surface area contributed by atoms with E-state index in [1.54, 1.807) is 43.5 Å². The monoisotopic (exact) mass is 451 g/mol. The zero-order chi connectivity index (χ0) is 23.4. The molecule has 1 N–H and O–H groups in total. The molecule has 1 saturated heterocycles. The number of carbonyl (C=O) groups is 2. The van der Waals surface area contributed by atoms with Gasteiger partial charge in [-0.15, -0.1) is 0 Å². The first-order valence-electron chi connectivity index (χ1n) is 11.2. The van der Waals surface area contributed by atoms with Crippen LogP contribution in [0.4, 0.5) is 5.69 Å². The number of imide groups is 1. The third-order valence-electron chi connectivity index (χ3n) is 5.93. The fourth-order valence-electron chi connectivity index (χ4n) is 4.28. The summed E-state index contributed by atoms with van der Waals surface area (Å²) in [6.45, 7) is 5.69. The molecule has 0 bridgehead atoms. The molecular weight excluding hydrogens is 422 g/mol. The largest absolute Gasteiger partial charge is 0.497 e. The number of β-amino-alcohol motifs (C(OH)–C–C–N with tert-alkyl or cyclic N) is 1. The zero-order valence-corrected chi connectivity index (χ0v) is 19.0. The van der Waals surface area contributed by atoms with Gasteiger partial charge in [-0.1, -0.05) is 18.2 Å². The van der Waals surface area contributed by atoms with Crippen LogP contribution >= 0.6 is 0 Å². The van der Waals surface area contributed by atoms with Gasteiger partial charge in [0.1, 0.15) is 17.2 Å². The molecule has 0 spiro atoms. The number of anilines is 1. The minimum absolute atomic E-state index is 0.0984. The Balaban J connectivity index is 1.72. The van der Waals surface area contributed by atoms with Gasteiger partial charge < -0.3 is 19.5 Å². The van der Waals surface area contributed by atoms with Crippen molar-refractivity contribution in [3.8, 4) is 11.5 Å². The third kappa shape index (κ3) is 4.58. The van der Waals surface area contributed by atoms with Crippen LogP contribution in [0.15, 0.2) is 54.2 Å². The zero-order valence-electron chi connectivity index (χ0n) is 19.0. The van der Waals surface area contributed by atoms with Crippen LogP contribution in [0.2, 0.25) is 0 Å². The van der Waals surface area contributed by atoms with Gasteiger partial charge in [-0.25, -0.2) is 4.90 Å². The summed E-state index contributed by atoms with van der Waals surface area (Å²) in [6.07, 6.45) is 0. The van der Waals surface area contributed by atoms with E-state index >= 15 is 0 Å². The van der Waals surface area contributed by atoms with E-state index in [0.29, 0.717) is 73.4 Å². The number of benzene rings is 2. The van der Waals surface area contributed by atoms with E-state index in [-0.39, 0.29) is 18.4 Å². The fraction of sp³-hybridized carbons (Fsp3) is 0.360. The summed E-state index contributed by atoms with van der Waals surface area (Å²) in [6, 6.07) is 14.2. The molecule has 2 aromatic rings. The van der Waals surface area contributed by atoms with Crippen LogP contribution < -0.4 is 14.4 Å². The Kier molecular flexibility index (Phi) is 6.96. The molecule has 174 valence electrons. The number of hydrogen-bond donors (Lipinski definition) is 1. The molecule has 0 unspecified atom stereocenters. The Morgan fingerprint density at radius 1 is 0.939 bits per heavy atom. The first-order chi connectivity index (χ1) is 16.1. The highest BCUT2D eigenvalue weighted by atomic mass is 16.5. The first-order valence-corrected chi connectivity index (χ1v) is 11.2. The van der Waals surface area contributed by atoms with Crippen molar-refractivity contribution in [3.63, 3.8) is 0 Å². The summed E-state index contributed by atoms with van der Waals surface area (Å²) in [5.41, 5.74) is 1.96. The molecule has 0 aliphatic carbocycles. The van der Waals surface area contributed by atoms with Gasteiger partial charge in [-0.2, -0.15) is 0 Å². The van der Waals surface area contributed by atoms with Gasteiger partial charge >= 0.3 is 0 Å². The van der Waals surface area contributed by atoms with E-state index in [0.717, 1.165) is 0 Å². The van der Waals surface area contributed by atoms with Crippen LogP contribution in [0.5, 0.6) is 11.5 Å². The molecule has 8 nitrogen and oxygen atoms in total. The summed E-state index contributed by atoms with van der Waals surface area (Å²) < 4.78 is 10.8. The second-order valence-corrected chi connectivity index (χ2v) is 7.88. The molecule has 33 heavy (non-hydrogen) atoms. The smallest absolute Gasteiger partial charge is 0.282 e. The number of nitrogens with zero attached hydrogens (tertiary/aromatic N) is 3. The van der Waals surface area contributed by atoms with Crippen molar-refractivity contribution in [3.05, 3.63) is 59.8 Å². The van der Waals surface area contributed by atoms with Crippen LogP contribution in [0, 0.1) is 0 Å². The summed E-state index contributed by atoms with van der Waals surface area (Å²) in [4.78, 5) is 32.7. The SMILES string of the molecule is CCOc1cccc(N2C(=O)C(c3ccc(OC)cc3)=C(N3CCN(CCO)CC3)C2=O)c1. The average Bonchev–Trinajstić information content (AvgIpc) is 3.10. The van der Waals surface area contributed by atoms with E-state index < -0.39 is 0 Å². The molecular formula is C25H29N3O5. The highest BCUT2D eigenvalue weighted by Gasteiger charge is 2.43. The maximum atomic E-state index is 13.7. The van der Waals surface area contributed by atoms with Crippen molar-refractivity contribution in [1.82, 2.24) is 9.80 Å². The van der Waals surface area contributed by atoms with Crippen molar-refractivity contribution < 1.29 is 24.2 Å². The van der Waals surface area contributed by atoms with Crippen molar-refractivity contribution in [1.29, 1.82) is 0 Å². The molecule has 4 rings (SSSR count). The van der Waals surface area contributed by atoms with Gasteiger partial charge in [-0.05, 0) is 36.8 Å². The highest BCUT2D eigenvalue weighted by Crippen LogP contribution is 2.36. The maximum absolute atomic E-state index is 13.7. The first kappa shape index (κ1) is 22.8. The lowest BCUT2D eigenvalue weighted by Crippen LogP contribution is -2.48. The summed E-state index contributed by atoms with van der Waals surface area (Å²) >= 11 is 0. The number of piperazine rings is 1. The lowest BCUT2D eigenvalue weighted by Gasteiger charge is -2.36. The van der Waals surface area contributed by atoms with Gasteiger partial charge in [0, 0.05) is 38.8 Å². The van der Waals surface area contributed by atoms with Crippen LogP contribution in [-0.4, -0.2) is 79.8 Å². The Bertz CT molecular complexity index is 1040. The summed E-state index contributed by atoms with van der Waals surface area (Å²) in [5, 5.41) is 9.24. The van der Waals surface area contributed by atoms with Gasteiger partial charge in [0.2, 0.25) is 0 Å². The van der Waals surface area contributed by atoms with Crippen LogP contribution in [0.1, 0.15) is 12.5 Å². The molecule has 8 heteroatoms. The number of aliphatic hydroxyl groups excluding tert-OH is 1. The molecule has 2 amide bonds. The van der Waals surface area contributed by atoms with Crippen LogP contribution in [0.3, 0.4) is 0 Å². The Hall–Kier alpha value is -3.36. The predicted octanol–water partition coefficient (Wildman–Crippen LogP) is 1.99. The number of methoxy groups -OCH3 is 1. The van der Waals surface area contributed by atoms with E-state index in [4.69, 9.17) is 9.47 Å². The number of amides is 2. The van der Waals surface area contributed by atoms with Crippen LogP contribution in [-0.2, 0) is 9.59 Å². The average molecular weight is 452 g/mol. The molecule has 0 aromatic heterocycles. The van der Waals surface area contributed by atoms with E-state index in [2.05, 4.69) is 4.90 Å². The third-order valence-corrected chi connectivity index (χ3v) is 5.93. The number of rotatable bonds is 8. The fourth-order valence-corrected chi connectivity index (χ4v) is 4.28. The molecule has 2 aliphatic rings. The molecule has 0 saturated carbocycles. The van der Waals surface area contributed by atoms with Crippen LogP contribution in [0.25, 0.3) is 5.57 Å². The molecule has 2 aliphatic heterocycles. The number of hydrogen-bond acceptors (Lipinski definition) is 7. The van der Waals surface area contributed by atoms with Gasteiger partial charge in [0.05, 0.1) is 31.6 Å². The molecule has 0 radical (unpaired) electrons. The maximum Gasteiger partial charge on any atom is 0.282 e. The van der Waals surface area contributed by atoms with E-state index in [9.17, 15) is 14.7 Å². The normalized spacial score (nSPS) is 17.2. The number of ether oxygens (including phenoxy) is 2. The lowest BCUT2D eigenvalue weighted by atomic mass is 10.0. The molecule has 2 aromatic carbocycles. The van der Waals surface area contributed by atoms with E-state index in [1.165, 1.54) is 4.90 Å². The summed E-state index contributed by atoms with van der Waals surface area (Å²) in [5.74, 6) is 0.589. The van der Waals surface area contributed by atoms with Crippen molar-refractivity contribution >= 4 is 23.1 Å². The number of aliphatic hydroxyl groups is 1. The lowest BCUT2D eigenvalue weighted by molar-refractivity contribution is -0.120. The Labute approximate surface area is 193 Å². The second-order valence-electron chi connectivity index (χ2n) is 7.88. The summed E-state index contributed by atoms with van der Waals surface area (Å²) in [7, 11) is 1.59. The van der Waals surface area contributed by atoms with Gasteiger partial charge in [0.25, 0.3) is 11.8 Å². The number of carbonyl (C=O) groups excluding carboxylic acids is 2. The molecule has 0 atom stereocenters. The molecule has 2 heterocycles. The highest BCUT2D eigenvalue weighted by molar-refractivity contribution is 6.45. The van der Waals surface area contributed by atoms with Crippen molar-refractivity contribution in [2.24, 2.45) is 0 Å². The van der Waals surface area contributed by atoms with Gasteiger partial charge in [0.15, 0.2) is 0 Å².